The molecule has 1 atom stereocenters. The third kappa shape index (κ3) is 3.63. The lowest BCUT2D eigenvalue weighted by Gasteiger charge is -2.16. The average Bonchev–Trinajstić information content (AvgIpc) is 2.64. The van der Waals surface area contributed by atoms with Gasteiger partial charge in [-0.1, -0.05) is 60.7 Å². The number of para-hydroxylation sites is 1. The van der Waals surface area contributed by atoms with Gasteiger partial charge in [-0.25, -0.2) is 0 Å². The molecule has 0 aliphatic rings. The van der Waals surface area contributed by atoms with Crippen LogP contribution in [0.3, 0.4) is 0 Å². The van der Waals surface area contributed by atoms with Gasteiger partial charge in [0.25, 0.3) is 0 Å². The molecule has 0 saturated heterocycles. The van der Waals surface area contributed by atoms with Crippen molar-refractivity contribution in [2.24, 2.45) is 0 Å². The Labute approximate surface area is 141 Å². The maximum Gasteiger partial charge on any atom is 0.317 e. The highest BCUT2D eigenvalue weighted by Crippen LogP contribution is 2.30. The summed E-state index contributed by atoms with van der Waals surface area (Å²) in [5, 5.41) is 0. The number of benzene rings is 3. The third-order valence-corrected chi connectivity index (χ3v) is 3.74. The zero-order valence-electron chi connectivity index (χ0n) is 13.4. The Morgan fingerprint density at radius 1 is 0.750 bits per heavy atom. The van der Waals surface area contributed by atoms with Gasteiger partial charge in [-0.05, 0) is 35.4 Å². The lowest BCUT2D eigenvalue weighted by Crippen LogP contribution is -2.15. The Balaban J connectivity index is 1.94. The zero-order valence-corrected chi connectivity index (χ0v) is 13.4. The molecule has 0 aliphatic heterocycles. The molecular weight excluding hydrogens is 300 g/mol. The van der Waals surface area contributed by atoms with Crippen LogP contribution in [-0.4, -0.2) is 13.1 Å². The fourth-order valence-corrected chi connectivity index (χ4v) is 2.61. The van der Waals surface area contributed by atoms with Gasteiger partial charge in [-0.2, -0.15) is 0 Å². The summed E-state index contributed by atoms with van der Waals surface area (Å²) in [6.45, 7) is 0. The molecule has 0 bridgehead atoms. The van der Waals surface area contributed by atoms with Crippen LogP contribution in [0.1, 0.15) is 17.0 Å². The first kappa shape index (κ1) is 15.8. The van der Waals surface area contributed by atoms with Crippen LogP contribution in [0.15, 0.2) is 84.9 Å². The molecule has 3 aromatic carbocycles. The molecule has 3 rings (SSSR count). The van der Waals surface area contributed by atoms with Crippen molar-refractivity contribution in [3.63, 3.8) is 0 Å². The smallest absolute Gasteiger partial charge is 0.317 e. The second-order valence-electron chi connectivity index (χ2n) is 5.35. The van der Waals surface area contributed by atoms with Gasteiger partial charge in [0.1, 0.15) is 17.4 Å². The van der Waals surface area contributed by atoms with Gasteiger partial charge in [-0.15, -0.1) is 0 Å². The summed E-state index contributed by atoms with van der Waals surface area (Å²) in [5.74, 6) is 0.668. The molecule has 3 heteroatoms. The van der Waals surface area contributed by atoms with Gasteiger partial charge in [0.05, 0.1) is 7.11 Å². The van der Waals surface area contributed by atoms with E-state index in [0.29, 0.717) is 5.75 Å². The third-order valence-electron chi connectivity index (χ3n) is 3.74. The van der Waals surface area contributed by atoms with E-state index in [4.69, 9.17) is 9.47 Å². The molecule has 1 unspecified atom stereocenters. The van der Waals surface area contributed by atoms with Crippen LogP contribution in [0.5, 0.6) is 11.5 Å². The molecule has 0 amide bonds. The van der Waals surface area contributed by atoms with Crippen LogP contribution >= 0.6 is 0 Å². The van der Waals surface area contributed by atoms with E-state index in [1.54, 1.807) is 0 Å². The molecule has 0 saturated carbocycles. The topological polar surface area (TPSA) is 35.5 Å². The SMILES string of the molecule is COC(=O)C(c1ccccc1)c1cccc(Oc2ccccc2)c1. The van der Waals surface area contributed by atoms with Crippen molar-refractivity contribution in [1.82, 2.24) is 0 Å². The van der Waals surface area contributed by atoms with Crippen LogP contribution in [0.2, 0.25) is 0 Å². The van der Waals surface area contributed by atoms with Crippen LogP contribution < -0.4 is 4.74 Å². The standard InChI is InChI=1S/C21H18O3/c1-23-21(22)20(16-9-4-2-5-10-16)17-11-8-14-19(15-17)24-18-12-6-3-7-13-18/h2-15,20H,1H3. The largest absolute Gasteiger partial charge is 0.468 e. The normalized spacial score (nSPS) is 11.5. The van der Waals surface area contributed by atoms with Gasteiger partial charge in [0.15, 0.2) is 0 Å². The number of carbonyl (C=O) groups excluding carboxylic acids is 1. The van der Waals surface area contributed by atoms with E-state index < -0.39 is 5.92 Å². The molecule has 0 radical (unpaired) electrons. The van der Waals surface area contributed by atoms with Crippen LogP contribution in [-0.2, 0) is 9.53 Å². The van der Waals surface area contributed by atoms with Crippen molar-refractivity contribution in [1.29, 1.82) is 0 Å². The molecular formula is C21H18O3. The minimum Gasteiger partial charge on any atom is -0.468 e. The number of methoxy groups -OCH3 is 1. The van der Waals surface area contributed by atoms with Crippen molar-refractivity contribution >= 4 is 5.97 Å². The molecule has 0 aromatic heterocycles. The van der Waals surface area contributed by atoms with E-state index in [2.05, 4.69) is 0 Å². The lowest BCUT2D eigenvalue weighted by molar-refractivity contribution is -0.141. The lowest BCUT2D eigenvalue weighted by atomic mass is 9.91. The highest BCUT2D eigenvalue weighted by molar-refractivity contribution is 5.82. The summed E-state index contributed by atoms with van der Waals surface area (Å²) in [6.07, 6.45) is 0. The molecule has 0 N–H and O–H groups in total. The highest BCUT2D eigenvalue weighted by Gasteiger charge is 2.23. The summed E-state index contributed by atoms with van der Waals surface area (Å²) in [5.41, 5.74) is 1.72. The predicted octanol–water partition coefficient (Wildman–Crippen LogP) is 4.78. The van der Waals surface area contributed by atoms with E-state index in [-0.39, 0.29) is 5.97 Å². The van der Waals surface area contributed by atoms with Crippen molar-refractivity contribution in [3.8, 4) is 11.5 Å². The second-order valence-corrected chi connectivity index (χ2v) is 5.35. The zero-order chi connectivity index (χ0) is 16.8. The molecule has 0 fully saturated rings. The molecule has 3 nitrogen and oxygen atoms in total. The Hall–Kier alpha value is -3.07. The number of hydrogen-bond acceptors (Lipinski definition) is 3. The first-order valence-corrected chi connectivity index (χ1v) is 7.73. The van der Waals surface area contributed by atoms with Gasteiger partial charge >= 0.3 is 5.97 Å². The van der Waals surface area contributed by atoms with Gasteiger partial charge in [-0.3, -0.25) is 4.79 Å². The van der Waals surface area contributed by atoms with Gasteiger partial charge in [0.2, 0.25) is 0 Å². The monoisotopic (exact) mass is 318 g/mol. The Bertz CT molecular complexity index is 798. The Kier molecular flexibility index (Phi) is 4.92. The highest BCUT2D eigenvalue weighted by atomic mass is 16.5. The summed E-state index contributed by atoms with van der Waals surface area (Å²) in [6, 6.07) is 26.7. The summed E-state index contributed by atoms with van der Waals surface area (Å²) < 4.78 is 10.9. The van der Waals surface area contributed by atoms with Crippen LogP contribution in [0, 0.1) is 0 Å². The molecule has 3 aromatic rings. The summed E-state index contributed by atoms with van der Waals surface area (Å²) in [4.78, 5) is 12.3. The van der Waals surface area contributed by atoms with E-state index in [1.165, 1.54) is 7.11 Å². The van der Waals surface area contributed by atoms with Crippen molar-refractivity contribution < 1.29 is 14.3 Å². The van der Waals surface area contributed by atoms with E-state index in [0.717, 1.165) is 16.9 Å². The number of carbonyl (C=O) groups is 1. The predicted molar refractivity (Wildman–Crippen MR) is 93.3 cm³/mol. The second kappa shape index (κ2) is 7.47. The molecule has 0 heterocycles. The fraction of sp³-hybridized carbons (Fsp3) is 0.0952. The van der Waals surface area contributed by atoms with Crippen molar-refractivity contribution in [2.45, 2.75) is 5.92 Å². The van der Waals surface area contributed by atoms with Crippen molar-refractivity contribution in [2.75, 3.05) is 7.11 Å². The first-order valence-electron chi connectivity index (χ1n) is 7.73. The number of ether oxygens (including phenoxy) is 2. The number of rotatable bonds is 5. The van der Waals surface area contributed by atoms with Crippen molar-refractivity contribution in [3.05, 3.63) is 96.1 Å². The summed E-state index contributed by atoms with van der Waals surface area (Å²) in [7, 11) is 1.41. The summed E-state index contributed by atoms with van der Waals surface area (Å²) >= 11 is 0. The quantitative estimate of drug-likeness (QED) is 0.635. The van der Waals surface area contributed by atoms with Gasteiger partial charge < -0.3 is 9.47 Å². The number of hydrogen-bond donors (Lipinski definition) is 0. The van der Waals surface area contributed by atoms with E-state index >= 15 is 0 Å². The Morgan fingerprint density at radius 3 is 2.00 bits per heavy atom. The van der Waals surface area contributed by atoms with E-state index in [9.17, 15) is 4.79 Å². The maximum atomic E-state index is 12.3. The number of esters is 1. The fourth-order valence-electron chi connectivity index (χ4n) is 2.61. The minimum absolute atomic E-state index is 0.293. The molecule has 0 aliphatic carbocycles. The first-order chi connectivity index (χ1) is 11.8. The maximum absolute atomic E-state index is 12.3. The molecule has 0 spiro atoms. The average molecular weight is 318 g/mol. The van der Waals surface area contributed by atoms with Crippen LogP contribution in [0.25, 0.3) is 0 Å². The van der Waals surface area contributed by atoms with Gasteiger partial charge in [0, 0.05) is 0 Å². The molecule has 120 valence electrons. The van der Waals surface area contributed by atoms with Crippen LogP contribution in [0.4, 0.5) is 0 Å². The van der Waals surface area contributed by atoms with E-state index in [1.807, 2.05) is 84.9 Å². The molecule has 24 heavy (non-hydrogen) atoms. The minimum atomic E-state index is -0.476. The Morgan fingerprint density at radius 2 is 1.33 bits per heavy atom.